The van der Waals surface area contributed by atoms with Crippen molar-refractivity contribution in [2.75, 3.05) is 20.8 Å². The number of hydrogen-bond donors (Lipinski definition) is 1. The third-order valence-electron chi connectivity index (χ3n) is 4.83. The standard InChI is InChI=1S/C19H23NO4S/c1-14-6-4-5-7-18(14)25(21,22)20-13-19(10-11-19)15-8-9-16(23-2)17(12-15)24-3/h4-9,12,20H,10-11,13H2,1-3H3. The fourth-order valence-corrected chi connectivity index (χ4v) is 4.42. The Kier molecular flexibility index (Phi) is 4.75. The van der Waals surface area contributed by atoms with E-state index in [0.29, 0.717) is 22.9 Å². The van der Waals surface area contributed by atoms with Crippen LogP contribution < -0.4 is 14.2 Å². The Morgan fingerprint density at radius 3 is 2.32 bits per heavy atom. The first-order chi connectivity index (χ1) is 11.9. The fraction of sp³-hybridized carbons (Fsp3) is 0.368. The lowest BCUT2D eigenvalue weighted by Crippen LogP contribution is -2.32. The van der Waals surface area contributed by atoms with E-state index >= 15 is 0 Å². The summed E-state index contributed by atoms with van der Waals surface area (Å²) in [6.07, 6.45) is 1.89. The highest BCUT2D eigenvalue weighted by molar-refractivity contribution is 7.89. The highest BCUT2D eigenvalue weighted by atomic mass is 32.2. The molecule has 1 saturated carbocycles. The number of aryl methyl sites for hydroxylation is 1. The molecule has 1 N–H and O–H groups in total. The molecule has 1 fully saturated rings. The molecule has 0 saturated heterocycles. The Morgan fingerprint density at radius 2 is 1.72 bits per heavy atom. The van der Waals surface area contributed by atoms with Crippen LogP contribution in [0.2, 0.25) is 0 Å². The lowest BCUT2D eigenvalue weighted by Gasteiger charge is -2.19. The van der Waals surface area contributed by atoms with Crippen molar-refractivity contribution >= 4 is 10.0 Å². The van der Waals surface area contributed by atoms with E-state index in [9.17, 15) is 8.42 Å². The number of hydrogen-bond acceptors (Lipinski definition) is 4. The second-order valence-corrected chi connectivity index (χ2v) is 8.18. The molecular formula is C19H23NO4S. The molecule has 25 heavy (non-hydrogen) atoms. The summed E-state index contributed by atoms with van der Waals surface area (Å²) in [7, 11) is -0.329. The van der Waals surface area contributed by atoms with Crippen LogP contribution >= 0.6 is 0 Å². The van der Waals surface area contributed by atoms with Crippen LogP contribution in [0.15, 0.2) is 47.4 Å². The van der Waals surface area contributed by atoms with Crippen LogP contribution in [0.1, 0.15) is 24.0 Å². The number of sulfonamides is 1. The van der Waals surface area contributed by atoms with Crippen LogP contribution in [0.4, 0.5) is 0 Å². The van der Waals surface area contributed by atoms with Gasteiger partial charge in [-0.25, -0.2) is 13.1 Å². The van der Waals surface area contributed by atoms with Gasteiger partial charge in [-0.2, -0.15) is 0 Å². The first kappa shape index (κ1) is 17.8. The molecule has 0 aromatic heterocycles. The number of rotatable bonds is 7. The predicted octanol–water partition coefficient (Wildman–Crippen LogP) is 3.02. The predicted molar refractivity (Wildman–Crippen MR) is 96.8 cm³/mol. The molecule has 0 aliphatic heterocycles. The summed E-state index contributed by atoms with van der Waals surface area (Å²) in [5.74, 6) is 1.33. The van der Waals surface area contributed by atoms with E-state index < -0.39 is 10.0 Å². The maximum atomic E-state index is 12.6. The quantitative estimate of drug-likeness (QED) is 0.823. The Bertz CT molecular complexity index is 873. The van der Waals surface area contributed by atoms with E-state index in [1.165, 1.54) is 0 Å². The maximum absolute atomic E-state index is 12.6. The van der Waals surface area contributed by atoms with E-state index in [1.807, 2.05) is 24.3 Å². The molecule has 1 aliphatic rings. The van der Waals surface area contributed by atoms with Crippen molar-refractivity contribution in [3.8, 4) is 11.5 Å². The van der Waals surface area contributed by atoms with Crippen LogP contribution in [0.25, 0.3) is 0 Å². The fourth-order valence-electron chi connectivity index (χ4n) is 3.05. The molecule has 0 atom stereocenters. The van der Waals surface area contributed by atoms with E-state index in [1.54, 1.807) is 39.3 Å². The Morgan fingerprint density at radius 1 is 1.04 bits per heavy atom. The van der Waals surface area contributed by atoms with Crippen molar-refractivity contribution < 1.29 is 17.9 Å². The van der Waals surface area contributed by atoms with Crippen LogP contribution in [0.5, 0.6) is 11.5 Å². The average molecular weight is 361 g/mol. The summed E-state index contributed by atoms with van der Waals surface area (Å²) in [4.78, 5) is 0.332. The number of benzene rings is 2. The minimum absolute atomic E-state index is 0.171. The molecule has 134 valence electrons. The van der Waals surface area contributed by atoms with Crippen molar-refractivity contribution in [1.82, 2.24) is 4.72 Å². The van der Waals surface area contributed by atoms with Crippen molar-refractivity contribution in [2.45, 2.75) is 30.1 Å². The topological polar surface area (TPSA) is 64.6 Å². The zero-order valence-electron chi connectivity index (χ0n) is 14.7. The zero-order valence-corrected chi connectivity index (χ0v) is 15.5. The van der Waals surface area contributed by atoms with E-state index in [4.69, 9.17) is 9.47 Å². The largest absolute Gasteiger partial charge is 0.493 e. The smallest absolute Gasteiger partial charge is 0.240 e. The summed E-state index contributed by atoms with van der Waals surface area (Å²) < 4.78 is 38.7. The van der Waals surface area contributed by atoms with Crippen LogP contribution in [-0.4, -0.2) is 29.2 Å². The summed E-state index contributed by atoms with van der Waals surface area (Å²) in [6.45, 7) is 2.18. The normalized spacial score (nSPS) is 15.6. The molecule has 1 aliphatic carbocycles. The Labute approximate surface area is 149 Å². The summed E-state index contributed by atoms with van der Waals surface area (Å²) in [6, 6.07) is 12.8. The van der Waals surface area contributed by atoms with Gasteiger partial charge in [0.05, 0.1) is 19.1 Å². The number of methoxy groups -OCH3 is 2. The molecule has 2 aromatic rings. The maximum Gasteiger partial charge on any atom is 0.240 e. The lowest BCUT2D eigenvalue weighted by atomic mass is 9.96. The molecular weight excluding hydrogens is 338 g/mol. The first-order valence-electron chi connectivity index (χ1n) is 8.20. The van der Waals surface area contributed by atoms with Gasteiger partial charge in [0.25, 0.3) is 0 Å². The van der Waals surface area contributed by atoms with Gasteiger partial charge in [-0.05, 0) is 49.1 Å². The molecule has 6 heteroatoms. The van der Waals surface area contributed by atoms with Gasteiger partial charge in [0.2, 0.25) is 10.0 Å². The van der Waals surface area contributed by atoms with Gasteiger partial charge in [-0.15, -0.1) is 0 Å². The molecule has 0 unspecified atom stereocenters. The minimum Gasteiger partial charge on any atom is -0.493 e. The highest BCUT2D eigenvalue weighted by Gasteiger charge is 2.45. The van der Waals surface area contributed by atoms with E-state index in [2.05, 4.69) is 4.72 Å². The highest BCUT2D eigenvalue weighted by Crippen LogP contribution is 2.49. The second kappa shape index (κ2) is 6.69. The van der Waals surface area contributed by atoms with Gasteiger partial charge < -0.3 is 9.47 Å². The third-order valence-corrected chi connectivity index (χ3v) is 6.39. The molecule has 0 amide bonds. The van der Waals surface area contributed by atoms with Crippen LogP contribution in [-0.2, 0) is 15.4 Å². The average Bonchev–Trinajstić information content (AvgIpc) is 3.41. The van der Waals surface area contributed by atoms with Crippen molar-refractivity contribution in [3.63, 3.8) is 0 Å². The van der Waals surface area contributed by atoms with Gasteiger partial charge >= 0.3 is 0 Å². The van der Waals surface area contributed by atoms with Crippen molar-refractivity contribution in [2.24, 2.45) is 0 Å². The summed E-state index contributed by atoms with van der Waals surface area (Å²) in [5, 5.41) is 0. The molecule has 5 nitrogen and oxygen atoms in total. The third kappa shape index (κ3) is 3.50. The molecule has 0 bridgehead atoms. The lowest BCUT2D eigenvalue weighted by molar-refractivity contribution is 0.354. The minimum atomic E-state index is -3.53. The first-order valence-corrected chi connectivity index (χ1v) is 9.68. The van der Waals surface area contributed by atoms with Gasteiger partial charge in [0, 0.05) is 12.0 Å². The number of ether oxygens (including phenoxy) is 2. The Balaban J connectivity index is 1.80. The Hall–Kier alpha value is -2.05. The van der Waals surface area contributed by atoms with E-state index in [-0.39, 0.29) is 5.41 Å². The van der Waals surface area contributed by atoms with Crippen LogP contribution in [0.3, 0.4) is 0 Å². The van der Waals surface area contributed by atoms with Gasteiger partial charge in [-0.1, -0.05) is 24.3 Å². The summed E-state index contributed by atoms with van der Waals surface area (Å²) in [5.41, 5.74) is 1.64. The SMILES string of the molecule is COc1ccc(C2(CNS(=O)(=O)c3ccccc3C)CC2)cc1OC. The van der Waals surface area contributed by atoms with Crippen molar-refractivity contribution in [3.05, 3.63) is 53.6 Å². The number of nitrogens with one attached hydrogen (secondary N) is 1. The molecule has 0 radical (unpaired) electrons. The molecule has 0 spiro atoms. The van der Waals surface area contributed by atoms with Crippen LogP contribution in [0, 0.1) is 6.92 Å². The van der Waals surface area contributed by atoms with E-state index in [0.717, 1.165) is 24.0 Å². The van der Waals surface area contributed by atoms with Gasteiger partial charge in [0.15, 0.2) is 11.5 Å². The monoisotopic (exact) mass is 361 g/mol. The van der Waals surface area contributed by atoms with Crippen molar-refractivity contribution in [1.29, 1.82) is 0 Å². The van der Waals surface area contributed by atoms with Gasteiger partial charge in [0.1, 0.15) is 0 Å². The molecule has 0 heterocycles. The second-order valence-electron chi connectivity index (χ2n) is 6.44. The zero-order chi connectivity index (χ0) is 18.1. The molecule has 2 aromatic carbocycles. The van der Waals surface area contributed by atoms with Gasteiger partial charge in [-0.3, -0.25) is 0 Å². The molecule has 3 rings (SSSR count). The summed E-state index contributed by atoms with van der Waals surface area (Å²) >= 11 is 0.